The molecular formula is C16H18N4OS. The van der Waals surface area contributed by atoms with Gasteiger partial charge in [-0.3, -0.25) is 4.68 Å². The molecule has 1 N–H and O–H groups in total. The van der Waals surface area contributed by atoms with Gasteiger partial charge in [-0.15, -0.1) is 0 Å². The van der Waals surface area contributed by atoms with Crippen LogP contribution in [0.4, 0.5) is 5.82 Å². The molecule has 5 nitrogen and oxygen atoms in total. The highest BCUT2D eigenvalue weighted by Gasteiger charge is 2.09. The highest BCUT2D eigenvalue weighted by molar-refractivity contribution is 7.03. The molecule has 3 rings (SSSR count). The third-order valence-corrected chi connectivity index (χ3v) is 4.32. The van der Waals surface area contributed by atoms with Crippen LogP contribution in [-0.2, 0) is 13.6 Å². The number of methoxy groups -OCH3 is 1. The van der Waals surface area contributed by atoms with Crippen LogP contribution in [0.5, 0.6) is 5.75 Å². The summed E-state index contributed by atoms with van der Waals surface area (Å²) in [7, 11) is 3.60. The molecule has 0 bridgehead atoms. The average Bonchev–Trinajstić information content (AvgIpc) is 3.11. The summed E-state index contributed by atoms with van der Waals surface area (Å²) in [4.78, 5) is 0. The van der Waals surface area contributed by atoms with Crippen molar-refractivity contribution < 1.29 is 4.74 Å². The number of benzene rings is 1. The lowest BCUT2D eigenvalue weighted by Gasteiger charge is -2.04. The fraction of sp³-hybridized carbons (Fsp3) is 0.250. The van der Waals surface area contributed by atoms with Gasteiger partial charge in [0.05, 0.1) is 18.5 Å². The van der Waals surface area contributed by atoms with Crippen LogP contribution in [0, 0.1) is 6.92 Å². The number of hydrogen-bond donors (Lipinski definition) is 1. The normalized spacial score (nSPS) is 10.7. The number of hydrogen-bond acceptors (Lipinski definition) is 5. The molecule has 22 heavy (non-hydrogen) atoms. The first kappa shape index (κ1) is 14.6. The fourth-order valence-electron chi connectivity index (χ4n) is 2.22. The Morgan fingerprint density at radius 1 is 1.32 bits per heavy atom. The van der Waals surface area contributed by atoms with Crippen LogP contribution < -0.4 is 10.1 Å². The molecule has 0 aliphatic heterocycles. The van der Waals surface area contributed by atoms with Crippen molar-refractivity contribution in [1.29, 1.82) is 0 Å². The monoisotopic (exact) mass is 314 g/mol. The van der Waals surface area contributed by atoms with Crippen LogP contribution in [0.2, 0.25) is 0 Å². The van der Waals surface area contributed by atoms with Crippen molar-refractivity contribution in [1.82, 2.24) is 14.2 Å². The minimum atomic E-state index is 0.749. The van der Waals surface area contributed by atoms with Crippen LogP contribution in [0.1, 0.15) is 11.3 Å². The van der Waals surface area contributed by atoms with E-state index >= 15 is 0 Å². The third-order valence-electron chi connectivity index (χ3n) is 3.55. The minimum Gasteiger partial charge on any atom is -0.497 e. The van der Waals surface area contributed by atoms with Crippen molar-refractivity contribution in [3.63, 3.8) is 0 Å². The van der Waals surface area contributed by atoms with E-state index in [0.717, 1.165) is 35.1 Å². The van der Waals surface area contributed by atoms with Crippen molar-refractivity contribution in [3.8, 4) is 17.0 Å². The number of aromatic nitrogens is 3. The van der Waals surface area contributed by atoms with Gasteiger partial charge in [-0.05, 0) is 30.6 Å². The summed E-state index contributed by atoms with van der Waals surface area (Å²) < 4.78 is 11.4. The van der Waals surface area contributed by atoms with E-state index in [9.17, 15) is 0 Å². The first-order valence-corrected chi connectivity index (χ1v) is 7.83. The van der Waals surface area contributed by atoms with E-state index in [2.05, 4.69) is 20.2 Å². The zero-order chi connectivity index (χ0) is 15.5. The molecule has 0 radical (unpaired) electrons. The lowest BCUT2D eigenvalue weighted by atomic mass is 10.1. The Labute approximate surface area is 133 Å². The summed E-state index contributed by atoms with van der Waals surface area (Å²) in [5.74, 6) is 1.81. The largest absolute Gasteiger partial charge is 0.497 e. The molecule has 2 heterocycles. The predicted molar refractivity (Wildman–Crippen MR) is 89.4 cm³/mol. The molecule has 2 aromatic heterocycles. The van der Waals surface area contributed by atoms with Gasteiger partial charge < -0.3 is 10.1 Å². The molecule has 0 spiro atoms. The second-order valence-electron chi connectivity index (χ2n) is 5.05. The van der Waals surface area contributed by atoms with Gasteiger partial charge in [-0.25, -0.2) is 0 Å². The number of nitrogens with one attached hydrogen (secondary N) is 1. The van der Waals surface area contributed by atoms with Gasteiger partial charge in [-0.1, -0.05) is 12.1 Å². The van der Waals surface area contributed by atoms with Crippen molar-refractivity contribution in [2.75, 3.05) is 12.4 Å². The molecule has 0 unspecified atom stereocenters. The predicted octanol–water partition coefficient (Wildman–Crippen LogP) is 3.47. The topological polar surface area (TPSA) is 52.0 Å². The van der Waals surface area contributed by atoms with E-state index < -0.39 is 0 Å². The lowest BCUT2D eigenvalue weighted by molar-refractivity contribution is 0.415. The van der Waals surface area contributed by atoms with E-state index in [1.807, 2.05) is 49.0 Å². The van der Waals surface area contributed by atoms with Crippen molar-refractivity contribution in [2.24, 2.45) is 7.05 Å². The van der Waals surface area contributed by atoms with Crippen molar-refractivity contribution in [3.05, 3.63) is 47.0 Å². The fourth-order valence-corrected chi connectivity index (χ4v) is 2.93. The first-order chi connectivity index (χ1) is 10.7. The Morgan fingerprint density at radius 2 is 2.18 bits per heavy atom. The summed E-state index contributed by atoms with van der Waals surface area (Å²) in [6, 6.07) is 9.96. The van der Waals surface area contributed by atoms with Gasteiger partial charge in [0.25, 0.3) is 0 Å². The van der Waals surface area contributed by atoms with Crippen LogP contribution in [-0.4, -0.2) is 21.3 Å². The number of nitrogens with zero attached hydrogens (tertiary/aromatic N) is 3. The lowest BCUT2D eigenvalue weighted by Crippen LogP contribution is -2.04. The van der Waals surface area contributed by atoms with Gasteiger partial charge >= 0.3 is 0 Å². The van der Waals surface area contributed by atoms with Gasteiger partial charge in [0.2, 0.25) is 0 Å². The van der Waals surface area contributed by atoms with E-state index in [1.165, 1.54) is 17.1 Å². The molecule has 3 aromatic rings. The van der Waals surface area contributed by atoms with Crippen molar-refractivity contribution in [2.45, 2.75) is 13.5 Å². The molecule has 0 atom stereocenters. The number of anilines is 1. The SMILES string of the molecule is COc1cccc(-c2cc(NCc3csnc3C)n(C)n2)c1. The second kappa shape index (κ2) is 6.19. The molecular weight excluding hydrogens is 296 g/mol. The Hall–Kier alpha value is -2.34. The van der Waals surface area contributed by atoms with Gasteiger partial charge in [-0.2, -0.15) is 9.47 Å². The molecule has 0 saturated carbocycles. The first-order valence-electron chi connectivity index (χ1n) is 6.99. The van der Waals surface area contributed by atoms with Crippen LogP contribution >= 0.6 is 11.5 Å². The maximum Gasteiger partial charge on any atom is 0.124 e. The van der Waals surface area contributed by atoms with Crippen LogP contribution in [0.15, 0.2) is 35.7 Å². The van der Waals surface area contributed by atoms with E-state index in [1.54, 1.807) is 7.11 Å². The Balaban J connectivity index is 1.79. The number of ether oxygens (including phenoxy) is 1. The standard InChI is InChI=1S/C16H18N4OS/c1-11-13(10-22-19-11)9-17-16-8-15(18-20(16)2)12-5-4-6-14(7-12)21-3/h4-8,10,17H,9H2,1-3H3. The van der Waals surface area contributed by atoms with E-state index in [0.29, 0.717) is 0 Å². The molecule has 114 valence electrons. The zero-order valence-corrected chi connectivity index (χ0v) is 13.6. The molecule has 0 amide bonds. The summed E-state index contributed by atoms with van der Waals surface area (Å²) in [5, 5.41) is 10.0. The number of rotatable bonds is 5. The molecule has 0 saturated heterocycles. The van der Waals surface area contributed by atoms with E-state index in [4.69, 9.17) is 4.74 Å². The summed E-state index contributed by atoms with van der Waals surface area (Å²) in [5.41, 5.74) is 4.25. The molecule has 6 heteroatoms. The average molecular weight is 314 g/mol. The van der Waals surface area contributed by atoms with Gasteiger partial charge in [0.15, 0.2) is 0 Å². The van der Waals surface area contributed by atoms with Crippen molar-refractivity contribution >= 4 is 17.4 Å². The molecule has 0 aliphatic carbocycles. The maximum atomic E-state index is 5.27. The van der Waals surface area contributed by atoms with Crippen LogP contribution in [0.3, 0.4) is 0 Å². The van der Waals surface area contributed by atoms with Gasteiger partial charge in [0.1, 0.15) is 11.6 Å². The maximum absolute atomic E-state index is 5.27. The molecule has 0 aliphatic rings. The van der Waals surface area contributed by atoms with E-state index in [-0.39, 0.29) is 0 Å². The summed E-state index contributed by atoms with van der Waals surface area (Å²) >= 11 is 1.49. The minimum absolute atomic E-state index is 0.749. The third kappa shape index (κ3) is 2.96. The quantitative estimate of drug-likeness (QED) is 0.783. The highest BCUT2D eigenvalue weighted by Crippen LogP contribution is 2.25. The highest BCUT2D eigenvalue weighted by atomic mass is 32.1. The summed E-state index contributed by atoms with van der Waals surface area (Å²) in [6.45, 7) is 2.78. The smallest absolute Gasteiger partial charge is 0.124 e. The Kier molecular flexibility index (Phi) is 4.11. The number of aryl methyl sites for hydroxylation is 2. The van der Waals surface area contributed by atoms with Crippen LogP contribution in [0.25, 0.3) is 11.3 Å². The van der Waals surface area contributed by atoms with Gasteiger partial charge in [0, 0.05) is 36.2 Å². The summed E-state index contributed by atoms with van der Waals surface area (Å²) in [6.07, 6.45) is 0. The molecule has 0 fully saturated rings. The molecule has 1 aromatic carbocycles. The second-order valence-corrected chi connectivity index (χ2v) is 5.68. The Bertz CT molecular complexity index is 778. The zero-order valence-electron chi connectivity index (χ0n) is 12.8. The Morgan fingerprint density at radius 3 is 2.91 bits per heavy atom.